The second-order valence-electron chi connectivity index (χ2n) is 2.64. The van der Waals surface area contributed by atoms with Crippen molar-refractivity contribution in [2.75, 3.05) is 6.54 Å². The van der Waals surface area contributed by atoms with Gasteiger partial charge >= 0.3 is 0 Å². The maximum absolute atomic E-state index is 5.40. The van der Waals surface area contributed by atoms with Gasteiger partial charge < -0.3 is 10.7 Å². The summed E-state index contributed by atoms with van der Waals surface area (Å²) in [5.41, 5.74) is 6.55. The third-order valence-electron chi connectivity index (χ3n) is 1.58. The van der Waals surface area contributed by atoms with E-state index >= 15 is 0 Å². The van der Waals surface area contributed by atoms with E-state index in [1.54, 1.807) is 0 Å². The van der Waals surface area contributed by atoms with Crippen LogP contribution < -0.4 is 5.73 Å². The van der Waals surface area contributed by atoms with Crippen molar-refractivity contribution >= 4 is 24.8 Å². The van der Waals surface area contributed by atoms with Crippen molar-refractivity contribution < 1.29 is 0 Å². The molecule has 0 aromatic carbocycles. The summed E-state index contributed by atoms with van der Waals surface area (Å²) in [5.74, 6) is 1.08. The maximum Gasteiger partial charge on any atom is 0.106 e. The Bertz CT molecular complexity index is 192. The summed E-state index contributed by atoms with van der Waals surface area (Å²) in [5, 5.41) is 0. The average Bonchev–Trinajstić information content (AvgIpc) is 2.38. The summed E-state index contributed by atoms with van der Waals surface area (Å²) in [6, 6.07) is 0. The lowest BCUT2D eigenvalue weighted by atomic mass is 10.3. The first-order chi connectivity index (χ1) is 5.36. The second-order valence-corrected chi connectivity index (χ2v) is 2.64. The molecule has 13 heavy (non-hydrogen) atoms. The Morgan fingerprint density at radius 1 is 1.38 bits per heavy atom. The van der Waals surface area contributed by atoms with Gasteiger partial charge in [0.25, 0.3) is 0 Å². The molecule has 0 aliphatic carbocycles. The van der Waals surface area contributed by atoms with Crippen LogP contribution in [0.5, 0.6) is 0 Å². The Morgan fingerprint density at radius 2 is 2.08 bits per heavy atom. The van der Waals surface area contributed by atoms with Crippen molar-refractivity contribution in [2.45, 2.75) is 26.2 Å². The van der Waals surface area contributed by atoms with Gasteiger partial charge in [0.2, 0.25) is 0 Å². The SMILES string of the molecule is CCCc1ncc(CCN)[nH]1.Cl.Cl. The highest BCUT2D eigenvalue weighted by Crippen LogP contribution is 1.99. The molecule has 78 valence electrons. The van der Waals surface area contributed by atoms with Crippen LogP contribution in [0.1, 0.15) is 24.9 Å². The van der Waals surface area contributed by atoms with Gasteiger partial charge in [0.05, 0.1) is 0 Å². The number of aromatic amines is 1. The van der Waals surface area contributed by atoms with E-state index in [1.165, 1.54) is 0 Å². The van der Waals surface area contributed by atoms with Gasteiger partial charge in [0.15, 0.2) is 0 Å². The Labute approximate surface area is 91.3 Å². The van der Waals surface area contributed by atoms with Crippen molar-refractivity contribution in [3.8, 4) is 0 Å². The minimum Gasteiger partial charge on any atom is -0.346 e. The van der Waals surface area contributed by atoms with E-state index < -0.39 is 0 Å². The largest absolute Gasteiger partial charge is 0.346 e. The highest BCUT2D eigenvalue weighted by atomic mass is 35.5. The van der Waals surface area contributed by atoms with E-state index in [0.717, 1.165) is 30.8 Å². The fraction of sp³-hybridized carbons (Fsp3) is 0.625. The number of hydrogen-bond donors (Lipinski definition) is 2. The number of nitrogens with zero attached hydrogens (tertiary/aromatic N) is 1. The zero-order chi connectivity index (χ0) is 8.10. The summed E-state index contributed by atoms with van der Waals surface area (Å²) in [6.45, 7) is 2.83. The lowest BCUT2D eigenvalue weighted by Crippen LogP contribution is -2.02. The smallest absolute Gasteiger partial charge is 0.106 e. The summed E-state index contributed by atoms with van der Waals surface area (Å²) >= 11 is 0. The molecule has 3 N–H and O–H groups in total. The van der Waals surface area contributed by atoms with Crippen LogP contribution in [0.25, 0.3) is 0 Å². The molecule has 0 aliphatic rings. The second kappa shape index (κ2) is 8.35. The van der Waals surface area contributed by atoms with Crippen molar-refractivity contribution in [3.05, 3.63) is 17.7 Å². The molecule has 0 saturated carbocycles. The lowest BCUT2D eigenvalue weighted by Gasteiger charge is -1.91. The number of aryl methyl sites for hydroxylation is 1. The predicted molar refractivity (Wildman–Crippen MR) is 59.8 cm³/mol. The number of aromatic nitrogens is 2. The third kappa shape index (κ3) is 5.13. The monoisotopic (exact) mass is 225 g/mol. The first kappa shape index (κ1) is 15.2. The molecule has 0 unspecified atom stereocenters. The summed E-state index contributed by atoms with van der Waals surface area (Å²) in [7, 11) is 0. The minimum absolute atomic E-state index is 0. The first-order valence-electron chi connectivity index (χ1n) is 4.09. The predicted octanol–water partition coefficient (Wildman–Crippen LogP) is 1.71. The van der Waals surface area contributed by atoms with Gasteiger partial charge in [0, 0.05) is 24.7 Å². The van der Waals surface area contributed by atoms with E-state index in [4.69, 9.17) is 5.73 Å². The topological polar surface area (TPSA) is 54.7 Å². The first-order valence-corrected chi connectivity index (χ1v) is 4.09. The summed E-state index contributed by atoms with van der Waals surface area (Å²) in [4.78, 5) is 7.44. The minimum atomic E-state index is 0. The molecule has 1 aromatic rings. The lowest BCUT2D eigenvalue weighted by molar-refractivity contribution is 0.844. The number of imidazole rings is 1. The van der Waals surface area contributed by atoms with Crippen LogP contribution >= 0.6 is 24.8 Å². The van der Waals surface area contributed by atoms with Crippen molar-refractivity contribution in [1.82, 2.24) is 9.97 Å². The van der Waals surface area contributed by atoms with Gasteiger partial charge in [-0.15, -0.1) is 24.8 Å². The molecule has 1 aromatic heterocycles. The molecule has 0 aliphatic heterocycles. The van der Waals surface area contributed by atoms with E-state index in [9.17, 15) is 0 Å². The molecule has 3 nitrogen and oxygen atoms in total. The molecule has 0 atom stereocenters. The van der Waals surface area contributed by atoms with E-state index in [0.29, 0.717) is 6.54 Å². The fourth-order valence-electron chi connectivity index (χ4n) is 1.05. The summed E-state index contributed by atoms with van der Waals surface area (Å²) < 4.78 is 0. The van der Waals surface area contributed by atoms with E-state index in [2.05, 4.69) is 16.9 Å². The van der Waals surface area contributed by atoms with Gasteiger partial charge in [-0.05, 0) is 13.0 Å². The van der Waals surface area contributed by atoms with Crippen molar-refractivity contribution in [3.63, 3.8) is 0 Å². The van der Waals surface area contributed by atoms with Crippen LogP contribution in [0, 0.1) is 0 Å². The summed E-state index contributed by atoms with van der Waals surface area (Å²) in [6.07, 6.45) is 4.94. The maximum atomic E-state index is 5.40. The number of rotatable bonds is 4. The van der Waals surface area contributed by atoms with Gasteiger partial charge in [-0.3, -0.25) is 0 Å². The standard InChI is InChI=1S/C8H15N3.2ClH/c1-2-3-8-10-6-7(11-8)4-5-9;;/h6H,2-5,9H2,1H3,(H,10,11);2*1H. The van der Waals surface area contributed by atoms with Crippen LogP contribution in [-0.2, 0) is 12.8 Å². The molecule has 1 rings (SSSR count). The zero-order valence-electron chi connectivity index (χ0n) is 7.75. The van der Waals surface area contributed by atoms with Crippen LogP contribution in [-0.4, -0.2) is 16.5 Å². The van der Waals surface area contributed by atoms with E-state index in [1.807, 2.05) is 6.20 Å². The van der Waals surface area contributed by atoms with Crippen LogP contribution in [0.2, 0.25) is 0 Å². The molecular formula is C8H17Cl2N3. The fourth-order valence-corrected chi connectivity index (χ4v) is 1.05. The number of halogens is 2. The van der Waals surface area contributed by atoms with Gasteiger partial charge in [-0.25, -0.2) is 4.98 Å². The average molecular weight is 226 g/mol. The molecular weight excluding hydrogens is 209 g/mol. The molecule has 1 heterocycles. The molecule has 0 saturated heterocycles. The quantitative estimate of drug-likeness (QED) is 0.821. The van der Waals surface area contributed by atoms with Crippen molar-refractivity contribution in [1.29, 1.82) is 0 Å². The van der Waals surface area contributed by atoms with Crippen LogP contribution in [0.4, 0.5) is 0 Å². The molecule has 0 fully saturated rings. The number of nitrogens with two attached hydrogens (primary N) is 1. The van der Waals surface area contributed by atoms with Gasteiger partial charge in [0.1, 0.15) is 5.82 Å². The van der Waals surface area contributed by atoms with Gasteiger partial charge in [-0.1, -0.05) is 6.92 Å². The third-order valence-corrected chi connectivity index (χ3v) is 1.58. The number of H-pyrrole nitrogens is 1. The normalized spacial score (nSPS) is 8.77. The Morgan fingerprint density at radius 3 is 2.62 bits per heavy atom. The Balaban J connectivity index is 0. The molecule has 0 amide bonds. The molecule has 0 bridgehead atoms. The molecule has 0 radical (unpaired) electrons. The van der Waals surface area contributed by atoms with E-state index in [-0.39, 0.29) is 24.8 Å². The highest BCUT2D eigenvalue weighted by molar-refractivity contribution is 5.85. The van der Waals surface area contributed by atoms with Crippen molar-refractivity contribution in [2.24, 2.45) is 5.73 Å². The van der Waals surface area contributed by atoms with Gasteiger partial charge in [-0.2, -0.15) is 0 Å². The Kier molecular flexibility index (Phi) is 9.79. The number of nitrogens with one attached hydrogen (secondary N) is 1. The zero-order valence-corrected chi connectivity index (χ0v) is 9.38. The van der Waals surface area contributed by atoms with Crippen LogP contribution in [0.15, 0.2) is 6.20 Å². The number of hydrogen-bond acceptors (Lipinski definition) is 2. The molecule has 5 heteroatoms. The van der Waals surface area contributed by atoms with Crippen LogP contribution in [0.3, 0.4) is 0 Å². The molecule has 0 spiro atoms. The Hall–Kier alpha value is -0.250. The highest BCUT2D eigenvalue weighted by Gasteiger charge is 1.97.